The molecule has 4 rings (SSSR count). The molecule has 0 spiro atoms. The molecule has 0 bridgehead atoms. The van der Waals surface area contributed by atoms with Crippen molar-refractivity contribution in [1.82, 2.24) is 9.88 Å². The predicted octanol–water partition coefficient (Wildman–Crippen LogP) is 5.08. The molecule has 0 radical (unpaired) electrons. The normalized spacial score (nSPS) is 14.4. The van der Waals surface area contributed by atoms with E-state index in [1.807, 2.05) is 35.7 Å². The van der Waals surface area contributed by atoms with Crippen molar-refractivity contribution in [2.75, 3.05) is 42.9 Å². The van der Waals surface area contributed by atoms with Gasteiger partial charge >= 0.3 is 0 Å². The van der Waals surface area contributed by atoms with Crippen LogP contribution in [0, 0.1) is 0 Å². The van der Waals surface area contributed by atoms with Crippen molar-refractivity contribution in [3.63, 3.8) is 0 Å². The molecule has 1 saturated heterocycles. The molecule has 32 heavy (non-hydrogen) atoms. The van der Waals surface area contributed by atoms with Crippen LogP contribution in [0.5, 0.6) is 0 Å². The predicted molar refractivity (Wildman–Crippen MR) is 131 cm³/mol. The molecule has 0 saturated carbocycles. The molecule has 3 aromatic rings. The number of aromatic nitrogens is 1. The molecule has 9 heteroatoms. The van der Waals surface area contributed by atoms with Crippen LogP contribution in [0.2, 0.25) is 10.0 Å². The Balaban J connectivity index is 1.28. The minimum absolute atomic E-state index is 0.0657. The quantitative estimate of drug-likeness (QED) is 0.490. The van der Waals surface area contributed by atoms with E-state index in [1.165, 1.54) is 11.3 Å². The standard InChI is InChI=1S/C23H22Cl2N4O2S/c1-15(30)16-2-5-18(6-3-16)29-10-8-28(9-11-29)13-22(31)27-23-26-21(14-32-23)19-7-4-17(24)12-20(19)25/h2-7,12,14H,8-11,13H2,1H3,(H,26,27,31). The van der Waals surface area contributed by atoms with Crippen molar-refractivity contribution in [2.45, 2.75) is 6.92 Å². The lowest BCUT2D eigenvalue weighted by Crippen LogP contribution is -2.48. The number of anilines is 2. The van der Waals surface area contributed by atoms with E-state index < -0.39 is 0 Å². The first-order valence-electron chi connectivity index (χ1n) is 10.2. The van der Waals surface area contributed by atoms with Crippen molar-refractivity contribution in [1.29, 1.82) is 0 Å². The van der Waals surface area contributed by atoms with Crippen molar-refractivity contribution in [3.8, 4) is 11.3 Å². The van der Waals surface area contributed by atoms with E-state index in [1.54, 1.807) is 19.1 Å². The van der Waals surface area contributed by atoms with Gasteiger partial charge in [0.2, 0.25) is 5.91 Å². The highest BCUT2D eigenvalue weighted by Gasteiger charge is 2.20. The molecule has 1 fully saturated rings. The van der Waals surface area contributed by atoms with Crippen molar-refractivity contribution >= 4 is 57.0 Å². The second-order valence-electron chi connectivity index (χ2n) is 7.58. The SMILES string of the molecule is CC(=O)c1ccc(N2CCN(CC(=O)Nc3nc(-c4ccc(Cl)cc4Cl)cs3)CC2)cc1. The fourth-order valence-electron chi connectivity index (χ4n) is 3.59. The van der Waals surface area contributed by atoms with Crippen LogP contribution >= 0.6 is 34.5 Å². The zero-order valence-electron chi connectivity index (χ0n) is 17.5. The van der Waals surface area contributed by atoms with Gasteiger partial charge in [0.1, 0.15) is 0 Å². The van der Waals surface area contributed by atoms with Gasteiger partial charge in [0, 0.05) is 53.4 Å². The third-order valence-corrected chi connectivity index (χ3v) is 6.64. The fraction of sp³-hybridized carbons (Fsp3) is 0.261. The highest BCUT2D eigenvalue weighted by atomic mass is 35.5. The maximum atomic E-state index is 12.5. The van der Waals surface area contributed by atoms with Crippen LogP contribution in [0.25, 0.3) is 11.3 Å². The summed E-state index contributed by atoms with van der Waals surface area (Å²) in [4.78, 5) is 32.8. The van der Waals surface area contributed by atoms with E-state index in [4.69, 9.17) is 23.2 Å². The number of hydrogen-bond acceptors (Lipinski definition) is 6. The molecule has 2 aromatic carbocycles. The maximum absolute atomic E-state index is 12.5. The van der Waals surface area contributed by atoms with E-state index in [-0.39, 0.29) is 11.7 Å². The number of hydrogen-bond donors (Lipinski definition) is 1. The number of nitrogens with one attached hydrogen (secondary N) is 1. The third-order valence-electron chi connectivity index (χ3n) is 5.34. The van der Waals surface area contributed by atoms with Gasteiger partial charge in [-0.3, -0.25) is 14.5 Å². The van der Waals surface area contributed by atoms with Crippen LogP contribution in [0.1, 0.15) is 17.3 Å². The van der Waals surface area contributed by atoms with Crippen molar-refractivity contribution in [2.24, 2.45) is 0 Å². The molecule has 1 aromatic heterocycles. The minimum Gasteiger partial charge on any atom is -0.369 e. The van der Waals surface area contributed by atoms with E-state index in [0.29, 0.717) is 33.0 Å². The Morgan fingerprint density at radius 2 is 1.78 bits per heavy atom. The molecular weight excluding hydrogens is 467 g/mol. The summed E-state index contributed by atoms with van der Waals surface area (Å²) in [6.45, 7) is 5.09. The van der Waals surface area contributed by atoms with Gasteiger partial charge in [-0.25, -0.2) is 4.98 Å². The van der Waals surface area contributed by atoms with Crippen LogP contribution in [0.4, 0.5) is 10.8 Å². The second-order valence-corrected chi connectivity index (χ2v) is 9.28. The molecule has 1 amide bonds. The maximum Gasteiger partial charge on any atom is 0.240 e. The largest absolute Gasteiger partial charge is 0.369 e. The van der Waals surface area contributed by atoms with Crippen molar-refractivity contribution in [3.05, 3.63) is 63.5 Å². The average molecular weight is 489 g/mol. The van der Waals surface area contributed by atoms with Crippen LogP contribution < -0.4 is 10.2 Å². The van der Waals surface area contributed by atoms with Crippen LogP contribution in [0.15, 0.2) is 47.8 Å². The summed E-state index contributed by atoms with van der Waals surface area (Å²) >= 11 is 13.6. The summed E-state index contributed by atoms with van der Waals surface area (Å²) in [5.74, 6) is -0.0247. The summed E-state index contributed by atoms with van der Waals surface area (Å²) in [5, 5.41) is 6.37. The molecular formula is C23H22Cl2N4O2S. The topological polar surface area (TPSA) is 65.5 Å². The van der Waals surface area contributed by atoms with E-state index in [2.05, 4.69) is 20.1 Å². The molecule has 0 aliphatic carbocycles. The first kappa shape index (κ1) is 22.7. The zero-order chi connectivity index (χ0) is 22.7. The minimum atomic E-state index is -0.0904. The smallest absolute Gasteiger partial charge is 0.240 e. The van der Waals surface area contributed by atoms with E-state index in [9.17, 15) is 9.59 Å². The first-order chi connectivity index (χ1) is 15.4. The summed E-state index contributed by atoms with van der Waals surface area (Å²) in [6, 6.07) is 12.9. The Morgan fingerprint density at radius 1 is 1.06 bits per heavy atom. The summed E-state index contributed by atoms with van der Waals surface area (Å²) in [6.07, 6.45) is 0. The first-order valence-corrected chi connectivity index (χ1v) is 11.8. The molecule has 166 valence electrons. The van der Waals surface area contributed by atoms with Gasteiger partial charge in [0.05, 0.1) is 17.3 Å². The van der Waals surface area contributed by atoms with Gasteiger partial charge in [0.25, 0.3) is 0 Å². The Kier molecular flexibility index (Phi) is 7.10. The van der Waals surface area contributed by atoms with Gasteiger partial charge in [-0.05, 0) is 49.4 Å². The molecule has 2 heterocycles. The van der Waals surface area contributed by atoms with Gasteiger partial charge in [0.15, 0.2) is 10.9 Å². The molecule has 6 nitrogen and oxygen atoms in total. The third kappa shape index (κ3) is 5.48. The zero-order valence-corrected chi connectivity index (χ0v) is 19.8. The number of amides is 1. The summed E-state index contributed by atoms with van der Waals surface area (Å²) in [7, 11) is 0. The van der Waals surface area contributed by atoms with E-state index >= 15 is 0 Å². The summed E-state index contributed by atoms with van der Waals surface area (Å²) in [5.41, 5.74) is 3.29. The number of thiazole rings is 1. The fourth-order valence-corrected chi connectivity index (χ4v) is 4.82. The molecule has 0 atom stereocenters. The molecule has 1 aliphatic heterocycles. The highest BCUT2D eigenvalue weighted by molar-refractivity contribution is 7.14. The Labute approximate surface area is 200 Å². The summed E-state index contributed by atoms with van der Waals surface area (Å²) < 4.78 is 0. The number of benzene rings is 2. The number of Topliss-reactive ketones (excluding diaryl/α,β-unsaturated/α-hetero) is 1. The number of nitrogens with zero attached hydrogens (tertiary/aromatic N) is 3. The molecule has 1 aliphatic rings. The van der Waals surface area contributed by atoms with Crippen molar-refractivity contribution < 1.29 is 9.59 Å². The van der Waals surface area contributed by atoms with Gasteiger partial charge in [-0.1, -0.05) is 23.2 Å². The number of halogens is 2. The van der Waals surface area contributed by atoms with Crippen LogP contribution in [-0.4, -0.2) is 54.3 Å². The monoisotopic (exact) mass is 488 g/mol. The molecule has 0 unspecified atom stereocenters. The lowest BCUT2D eigenvalue weighted by molar-refractivity contribution is -0.117. The lowest BCUT2D eigenvalue weighted by Gasteiger charge is -2.35. The Bertz CT molecular complexity index is 1130. The second kappa shape index (κ2) is 10.0. The van der Waals surface area contributed by atoms with Crippen LogP contribution in [-0.2, 0) is 4.79 Å². The van der Waals surface area contributed by atoms with Gasteiger partial charge in [-0.15, -0.1) is 11.3 Å². The number of carbonyl (C=O) groups is 2. The lowest BCUT2D eigenvalue weighted by atomic mass is 10.1. The number of piperazine rings is 1. The van der Waals surface area contributed by atoms with Gasteiger partial charge in [-0.2, -0.15) is 0 Å². The van der Waals surface area contributed by atoms with Crippen LogP contribution in [0.3, 0.4) is 0 Å². The van der Waals surface area contributed by atoms with E-state index in [0.717, 1.165) is 37.4 Å². The number of rotatable bonds is 6. The number of ketones is 1. The highest BCUT2D eigenvalue weighted by Crippen LogP contribution is 2.32. The molecule has 1 N–H and O–H groups in total. The Hall–Kier alpha value is -2.45. The average Bonchev–Trinajstić information content (AvgIpc) is 3.22. The Morgan fingerprint density at radius 3 is 2.44 bits per heavy atom. The van der Waals surface area contributed by atoms with Gasteiger partial charge < -0.3 is 10.2 Å². The number of carbonyl (C=O) groups excluding carboxylic acids is 2.